The highest BCUT2D eigenvalue weighted by Gasteiger charge is 2.19. The van der Waals surface area contributed by atoms with Crippen molar-refractivity contribution in [3.63, 3.8) is 0 Å². The molecule has 2 aromatic carbocycles. The van der Waals surface area contributed by atoms with Gasteiger partial charge in [-0.1, -0.05) is 25.1 Å². The highest BCUT2D eigenvalue weighted by molar-refractivity contribution is 6.02. The van der Waals surface area contributed by atoms with Gasteiger partial charge in [-0.15, -0.1) is 0 Å². The standard InChI is InChI=1S/C24H25N5O/c1-2-17-5-8-20(9-6-17)29-16-19(14-26-29)18-7-10-22-21(13-18)23(15-25-22)27-24(30)28-11-3-4-12-28/h5-10,13-16,25H,2-4,11-12H2,1H3,(H,27,30). The Morgan fingerprint density at radius 1 is 1.10 bits per heavy atom. The van der Waals surface area contributed by atoms with E-state index in [4.69, 9.17) is 0 Å². The normalized spacial score (nSPS) is 13.8. The maximum atomic E-state index is 12.5. The minimum absolute atomic E-state index is 0.0258. The summed E-state index contributed by atoms with van der Waals surface area (Å²) in [7, 11) is 0. The van der Waals surface area contributed by atoms with Crippen LogP contribution in [0.5, 0.6) is 0 Å². The predicted octanol–water partition coefficient (Wildman–Crippen LogP) is 5.21. The number of aromatic amines is 1. The van der Waals surface area contributed by atoms with Gasteiger partial charge in [0.15, 0.2) is 0 Å². The number of aromatic nitrogens is 3. The molecule has 2 aromatic heterocycles. The van der Waals surface area contributed by atoms with Crippen LogP contribution in [0.1, 0.15) is 25.3 Å². The molecule has 0 aliphatic carbocycles. The van der Waals surface area contributed by atoms with E-state index in [0.29, 0.717) is 0 Å². The number of aryl methyl sites for hydroxylation is 1. The number of nitrogens with one attached hydrogen (secondary N) is 2. The lowest BCUT2D eigenvalue weighted by Gasteiger charge is -2.15. The lowest BCUT2D eigenvalue weighted by atomic mass is 10.1. The number of fused-ring (bicyclic) bond motifs is 1. The van der Waals surface area contributed by atoms with Gasteiger partial charge in [0, 0.05) is 41.9 Å². The van der Waals surface area contributed by atoms with Crippen LogP contribution < -0.4 is 5.32 Å². The van der Waals surface area contributed by atoms with Gasteiger partial charge in [0.2, 0.25) is 0 Å². The van der Waals surface area contributed by atoms with E-state index in [-0.39, 0.29) is 6.03 Å². The van der Waals surface area contributed by atoms with Crippen LogP contribution in [0.3, 0.4) is 0 Å². The van der Waals surface area contributed by atoms with Crippen LogP contribution in [0.2, 0.25) is 0 Å². The molecule has 152 valence electrons. The lowest BCUT2D eigenvalue weighted by molar-refractivity contribution is 0.222. The molecule has 5 rings (SSSR count). The van der Waals surface area contributed by atoms with E-state index < -0.39 is 0 Å². The molecule has 1 aliphatic rings. The summed E-state index contributed by atoms with van der Waals surface area (Å²) in [6.45, 7) is 3.82. The SMILES string of the molecule is CCc1ccc(-n2cc(-c3ccc4[nH]cc(NC(=O)N5CCCC5)c4c3)cn2)cc1. The topological polar surface area (TPSA) is 66.0 Å². The van der Waals surface area contributed by atoms with Gasteiger partial charge in [-0.2, -0.15) is 5.10 Å². The van der Waals surface area contributed by atoms with Crippen LogP contribution in [0.15, 0.2) is 61.1 Å². The number of likely N-dealkylation sites (tertiary alicyclic amines) is 1. The smallest absolute Gasteiger partial charge is 0.321 e. The lowest BCUT2D eigenvalue weighted by Crippen LogP contribution is -2.32. The Labute approximate surface area is 175 Å². The van der Waals surface area contributed by atoms with Crippen LogP contribution in [0, 0.1) is 0 Å². The number of H-pyrrole nitrogens is 1. The number of carbonyl (C=O) groups is 1. The Balaban J connectivity index is 1.42. The molecule has 0 saturated carbocycles. The van der Waals surface area contributed by atoms with E-state index in [2.05, 4.69) is 58.7 Å². The Morgan fingerprint density at radius 3 is 2.67 bits per heavy atom. The average Bonchev–Trinajstić information content (AvgIpc) is 3.54. The zero-order valence-corrected chi connectivity index (χ0v) is 17.1. The number of amides is 2. The average molecular weight is 399 g/mol. The minimum Gasteiger partial charge on any atom is -0.359 e. The van der Waals surface area contributed by atoms with Gasteiger partial charge in [0.25, 0.3) is 0 Å². The zero-order chi connectivity index (χ0) is 20.5. The number of rotatable bonds is 4. The Morgan fingerprint density at radius 2 is 1.90 bits per heavy atom. The first kappa shape index (κ1) is 18.5. The number of nitrogens with zero attached hydrogens (tertiary/aromatic N) is 3. The molecule has 2 N–H and O–H groups in total. The molecule has 0 unspecified atom stereocenters. The summed E-state index contributed by atoms with van der Waals surface area (Å²) >= 11 is 0. The first-order chi connectivity index (χ1) is 14.7. The highest BCUT2D eigenvalue weighted by atomic mass is 16.2. The number of anilines is 1. The number of benzene rings is 2. The molecule has 2 amide bonds. The highest BCUT2D eigenvalue weighted by Crippen LogP contribution is 2.29. The quantitative estimate of drug-likeness (QED) is 0.495. The van der Waals surface area contributed by atoms with Crippen molar-refractivity contribution in [2.24, 2.45) is 0 Å². The van der Waals surface area contributed by atoms with Crippen molar-refractivity contribution in [1.82, 2.24) is 19.7 Å². The van der Waals surface area contributed by atoms with E-state index in [1.54, 1.807) is 0 Å². The van der Waals surface area contributed by atoms with Crippen molar-refractivity contribution in [1.29, 1.82) is 0 Å². The fourth-order valence-corrected chi connectivity index (χ4v) is 4.02. The molecule has 3 heterocycles. The summed E-state index contributed by atoms with van der Waals surface area (Å²) < 4.78 is 1.89. The van der Waals surface area contributed by atoms with E-state index in [9.17, 15) is 4.79 Å². The van der Waals surface area contributed by atoms with Crippen molar-refractivity contribution < 1.29 is 4.79 Å². The second kappa shape index (κ2) is 7.71. The maximum Gasteiger partial charge on any atom is 0.321 e. The molecule has 0 spiro atoms. The first-order valence-corrected chi connectivity index (χ1v) is 10.5. The van der Waals surface area contributed by atoms with Crippen LogP contribution >= 0.6 is 0 Å². The van der Waals surface area contributed by atoms with Crippen LogP contribution in [0.4, 0.5) is 10.5 Å². The minimum atomic E-state index is -0.0258. The largest absolute Gasteiger partial charge is 0.359 e. The molecule has 0 radical (unpaired) electrons. The fraction of sp³-hybridized carbons (Fsp3) is 0.250. The Bertz CT molecular complexity index is 1180. The summed E-state index contributed by atoms with van der Waals surface area (Å²) in [5, 5.41) is 8.60. The number of urea groups is 1. The van der Waals surface area contributed by atoms with Crippen LogP contribution in [0.25, 0.3) is 27.7 Å². The van der Waals surface area contributed by atoms with Crippen molar-refractivity contribution in [2.75, 3.05) is 18.4 Å². The summed E-state index contributed by atoms with van der Waals surface area (Å²) in [4.78, 5) is 17.6. The Hall–Kier alpha value is -3.54. The third-order valence-electron chi connectivity index (χ3n) is 5.84. The summed E-state index contributed by atoms with van der Waals surface area (Å²) in [6, 6.07) is 14.7. The molecule has 0 bridgehead atoms. The van der Waals surface area contributed by atoms with E-state index in [0.717, 1.165) is 65.8 Å². The molecule has 6 heteroatoms. The number of hydrogen-bond donors (Lipinski definition) is 2. The van der Waals surface area contributed by atoms with Gasteiger partial charge in [-0.3, -0.25) is 0 Å². The fourth-order valence-electron chi connectivity index (χ4n) is 4.02. The van der Waals surface area contributed by atoms with Gasteiger partial charge in [0.05, 0.1) is 17.6 Å². The van der Waals surface area contributed by atoms with Crippen LogP contribution in [-0.2, 0) is 6.42 Å². The number of hydrogen-bond acceptors (Lipinski definition) is 2. The molecule has 1 aliphatic heterocycles. The van der Waals surface area contributed by atoms with Crippen molar-refractivity contribution in [3.8, 4) is 16.8 Å². The second-order valence-corrected chi connectivity index (χ2v) is 7.78. The zero-order valence-electron chi connectivity index (χ0n) is 17.1. The molecule has 0 atom stereocenters. The van der Waals surface area contributed by atoms with Gasteiger partial charge < -0.3 is 15.2 Å². The molecule has 30 heavy (non-hydrogen) atoms. The second-order valence-electron chi connectivity index (χ2n) is 7.78. The monoisotopic (exact) mass is 399 g/mol. The molecule has 4 aromatic rings. The predicted molar refractivity (Wildman–Crippen MR) is 120 cm³/mol. The van der Waals surface area contributed by atoms with Gasteiger partial charge in [-0.05, 0) is 54.7 Å². The van der Waals surface area contributed by atoms with Crippen molar-refractivity contribution >= 4 is 22.6 Å². The van der Waals surface area contributed by atoms with E-state index in [1.165, 1.54) is 5.56 Å². The maximum absolute atomic E-state index is 12.5. The van der Waals surface area contributed by atoms with Crippen molar-refractivity contribution in [3.05, 3.63) is 66.6 Å². The summed E-state index contributed by atoms with van der Waals surface area (Å²) in [5.74, 6) is 0. The summed E-state index contributed by atoms with van der Waals surface area (Å²) in [6.07, 6.45) is 8.97. The van der Waals surface area contributed by atoms with Gasteiger partial charge in [-0.25, -0.2) is 9.48 Å². The molecular weight excluding hydrogens is 374 g/mol. The summed E-state index contributed by atoms with van der Waals surface area (Å²) in [5.41, 5.74) is 6.27. The van der Waals surface area contributed by atoms with Gasteiger partial charge in [0.1, 0.15) is 0 Å². The first-order valence-electron chi connectivity index (χ1n) is 10.5. The third-order valence-corrected chi connectivity index (χ3v) is 5.84. The van der Waals surface area contributed by atoms with E-state index in [1.807, 2.05) is 34.2 Å². The molecule has 6 nitrogen and oxygen atoms in total. The third kappa shape index (κ3) is 3.45. The van der Waals surface area contributed by atoms with E-state index >= 15 is 0 Å². The molecule has 1 saturated heterocycles. The van der Waals surface area contributed by atoms with Crippen molar-refractivity contribution in [2.45, 2.75) is 26.2 Å². The number of carbonyl (C=O) groups excluding carboxylic acids is 1. The van der Waals surface area contributed by atoms with Gasteiger partial charge >= 0.3 is 6.03 Å². The molecular formula is C24H25N5O. The molecule has 1 fully saturated rings. The van der Waals surface area contributed by atoms with Crippen LogP contribution in [-0.4, -0.2) is 38.8 Å². The Kier molecular flexibility index (Phi) is 4.75.